The Morgan fingerprint density at radius 1 is 1.32 bits per heavy atom. The first-order valence-electron chi connectivity index (χ1n) is 11.3. The molecule has 0 radical (unpaired) electrons. The largest absolute Gasteiger partial charge is 0.394 e. The highest BCUT2D eigenvalue weighted by molar-refractivity contribution is 5.99. The topological polar surface area (TPSA) is 77.2 Å². The summed E-state index contributed by atoms with van der Waals surface area (Å²) in [6.07, 6.45) is 8.86. The molecule has 0 saturated carbocycles. The fourth-order valence-electron chi connectivity index (χ4n) is 4.50. The Hall–Kier alpha value is -2.53. The summed E-state index contributed by atoms with van der Waals surface area (Å²) in [5, 5.41) is 17.5. The number of aromatic amines is 1. The standard InChI is InChI=1S/C26H37N3O2/c1-7-26(6,12-8-9-16(2)3)20-10-11-21-22-18(14-27-24(20)22)13-19(15-30)28-25(31)23(29-21)17(4)5/h7,9-11,14,17,19,23,27,29-30H,1,8,12-13,15H2,2-6H3,(H,28,31). The molecule has 5 heteroatoms. The van der Waals surface area contributed by atoms with Crippen LogP contribution in [0.3, 0.4) is 0 Å². The molecular formula is C26H37N3O2. The predicted molar refractivity (Wildman–Crippen MR) is 129 cm³/mol. The van der Waals surface area contributed by atoms with E-state index in [0.29, 0.717) is 6.42 Å². The van der Waals surface area contributed by atoms with E-state index in [1.54, 1.807) is 0 Å². The van der Waals surface area contributed by atoms with Crippen molar-refractivity contribution in [3.8, 4) is 0 Å². The zero-order chi connectivity index (χ0) is 22.8. The number of hydrogen-bond donors (Lipinski definition) is 4. The average Bonchev–Trinajstić information content (AvgIpc) is 3.15. The van der Waals surface area contributed by atoms with Crippen molar-refractivity contribution in [2.24, 2.45) is 5.92 Å². The van der Waals surface area contributed by atoms with Gasteiger partial charge in [0.05, 0.1) is 18.2 Å². The number of allylic oxidation sites excluding steroid dienone is 3. The van der Waals surface area contributed by atoms with E-state index >= 15 is 0 Å². The van der Waals surface area contributed by atoms with E-state index in [9.17, 15) is 9.90 Å². The third kappa shape index (κ3) is 4.72. The van der Waals surface area contributed by atoms with E-state index in [1.165, 1.54) is 11.1 Å². The van der Waals surface area contributed by atoms with E-state index in [2.05, 4.69) is 61.2 Å². The second kappa shape index (κ2) is 9.31. The molecule has 0 spiro atoms. The molecule has 1 aromatic heterocycles. The fraction of sp³-hybridized carbons (Fsp3) is 0.500. The quantitative estimate of drug-likeness (QED) is 0.482. The van der Waals surface area contributed by atoms with E-state index in [-0.39, 0.29) is 35.9 Å². The lowest BCUT2D eigenvalue weighted by Crippen LogP contribution is -2.48. The number of benzene rings is 1. The lowest BCUT2D eigenvalue weighted by atomic mass is 9.77. The van der Waals surface area contributed by atoms with Crippen LogP contribution in [-0.2, 0) is 16.6 Å². The summed E-state index contributed by atoms with van der Waals surface area (Å²) in [4.78, 5) is 16.4. The van der Waals surface area contributed by atoms with Gasteiger partial charge < -0.3 is 20.7 Å². The van der Waals surface area contributed by atoms with Crippen LogP contribution in [0.5, 0.6) is 0 Å². The minimum absolute atomic E-state index is 0.0712. The number of carbonyl (C=O) groups excluding carboxylic acids is 1. The van der Waals surface area contributed by atoms with Crippen molar-refractivity contribution in [1.29, 1.82) is 0 Å². The molecule has 1 aliphatic heterocycles. The molecule has 168 valence electrons. The van der Waals surface area contributed by atoms with Crippen molar-refractivity contribution >= 4 is 22.5 Å². The van der Waals surface area contributed by atoms with Crippen LogP contribution in [0.1, 0.15) is 58.6 Å². The van der Waals surface area contributed by atoms with Gasteiger partial charge in [-0.1, -0.05) is 44.6 Å². The molecule has 1 aliphatic rings. The van der Waals surface area contributed by atoms with Gasteiger partial charge >= 0.3 is 0 Å². The Labute approximate surface area is 186 Å². The van der Waals surface area contributed by atoms with E-state index < -0.39 is 0 Å². The SMILES string of the molecule is C=CC(C)(CCC=C(C)C)c1ccc2c3c(c[nH]c13)CC(CO)NC(=O)C(C(C)C)N2. The molecule has 3 atom stereocenters. The maximum absolute atomic E-state index is 12.9. The molecule has 0 fully saturated rings. The lowest BCUT2D eigenvalue weighted by Gasteiger charge is -2.28. The normalized spacial score (nSPS) is 20.8. The van der Waals surface area contributed by atoms with Gasteiger partial charge in [0.15, 0.2) is 0 Å². The molecule has 31 heavy (non-hydrogen) atoms. The van der Waals surface area contributed by atoms with Gasteiger partial charge in [0.25, 0.3) is 0 Å². The molecule has 2 aromatic rings. The third-order valence-corrected chi connectivity index (χ3v) is 6.49. The van der Waals surface area contributed by atoms with Gasteiger partial charge in [0.2, 0.25) is 5.91 Å². The number of H-pyrrole nitrogens is 1. The Bertz CT molecular complexity index is 984. The van der Waals surface area contributed by atoms with Crippen LogP contribution >= 0.6 is 0 Å². The average molecular weight is 424 g/mol. The van der Waals surface area contributed by atoms with Crippen LogP contribution in [0.4, 0.5) is 5.69 Å². The fourth-order valence-corrected chi connectivity index (χ4v) is 4.50. The Kier molecular flexibility index (Phi) is 6.95. The number of aliphatic hydroxyl groups excluding tert-OH is 1. The molecule has 3 rings (SSSR count). The predicted octanol–water partition coefficient (Wildman–Crippen LogP) is 4.83. The van der Waals surface area contributed by atoms with E-state index in [4.69, 9.17) is 0 Å². The summed E-state index contributed by atoms with van der Waals surface area (Å²) in [5.74, 6) is 0.0372. The van der Waals surface area contributed by atoms with Crippen molar-refractivity contribution in [3.63, 3.8) is 0 Å². The van der Waals surface area contributed by atoms with Crippen LogP contribution in [0.2, 0.25) is 0 Å². The zero-order valence-electron chi connectivity index (χ0n) is 19.5. The van der Waals surface area contributed by atoms with Crippen molar-refractivity contribution in [3.05, 3.63) is 53.8 Å². The second-order valence-corrected chi connectivity index (χ2v) is 9.62. The highest BCUT2D eigenvalue weighted by atomic mass is 16.3. The number of rotatable bonds is 7. The molecule has 3 unspecified atom stereocenters. The monoisotopic (exact) mass is 423 g/mol. The molecule has 0 bridgehead atoms. The molecule has 0 saturated heterocycles. The van der Waals surface area contributed by atoms with Crippen LogP contribution in [0.15, 0.2) is 42.6 Å². The molecule has 5 nitrogen and oxygen atoms in total. The van der Waals surface area contributed by atoms with Gasteiger partial charge in [0, 0.05) is 22.7 Å². The van der Waals surface area contributed by atoms with Crippen molar-refractivity contribution < 1.29 is 9.90 Å². The number of aromatic nitrogens is 1. The third-order valence-electron chi connectivity index (χ3n) is 6.49. The summed E-state index contributed by atoms with van der Waals surface area (Å²) in [7, 11) is 0. The van der Waals surface area contributed by atoms with Crippen LogP contribution in [0.25, 0.3) is 10.9 Å². The minimum Gasteiger partial charge on any atom is -0.394 e. The Morgan fingerprint density at radius 3 is 2.68 bits per heavy atom. The van der Waals surface area contributed by atoms with Gasteiger partial charge in [-0.3, -0.25) is 4.79 Å². The Morgan fingerprint density at radius 2 is 2.06 bits per heavy atom. The highest BCUT2D eigenvalue weighted by Crippen LogP contribution is 2.40. The number of nitrogens with one attached hydrogen (secondary N) is 3. The second-order valence-electron chi connectivity index (χ2n) is 9.62. The number of aliphatic hydroxyl groups is 1. The molecule has 4 N–H and O–H groups in total. The van der Waals surface area contributed by atoms with Crippen LogP contribution < -0.4 is 10.6 Å². The molecule has 1 amide bonds. The first-order chi connectivity index (χ1) is 14.7. The van der Waals surface area contributed by atoms with Crippen molar-refractivity contribution in [1.82, 2.24) is 10.3 Å². The van der Waals surface area contributed by atoms with Crippen molar-refractivity contribution in [2.45, 2.75) is 71.4 Å². The number of amides is 1. The van der Waals surface area contributed by atoms with Crippen LogP contribution in [0, 0.1) is 5.92 Å². The maximum atomic E-state index is 12.9. The van der Waals surface area contributed by atoms with Gasteiger partial charge in [-0.2, -0.15) is 0 Å². The first kappa shape index (κ1) is 23.1. The number of carbonyl (C=O) groups is 1. The maximum Gasteiger partial charge on any atom is 0.243 e. The van der Waals surface area contributed by atoms with Gasteiger partial charge in [-0.25, -0.2) is 0 Å². The van der Waals surface area contributed by atoms with Gasteiger partial charge in [-0.15, -0.1) is 6.58 Å². The van der Waals surface area contributed by atoms with Crippen LogP contribution in [-0.4, -0.2) is 34.7 Å². The summed E-state index contributed by atoms with van der Waals surface area (Å²) in [6.45, 7) is 14.6. The molecular weight excluding hydrogens is 386 g/mol. The number of hydrogen-bond acceptors (Lipinski definition) is 3. The van der Waals surface area contributed by atoms with Crippen molar-refractivity contribution in [2.75, 3.05) is 11.9 Å². The Balaban J connectivity index is 2.14. The lowest BCUT2D eigenvalue weighted by molar-refractivity contribution is -0.123. The zero-order valence-corrected chi connectivity index (χ0v) is 19.5. The smallest absolute Gasteiger partial charge is 0.243 e. The van der Waals surface area contributed by atoms with E-state index in [0.717, 1.165) is 35.0 Å². The van der Waals surface area contributed by atoms with Gasteiger partial charge in [-0.05, 0) is 56.2 Å². The summed E-state index contributed by atoms with van der Waals surface area (Å²) in [5.41, 5.74) is 5.47. The van der Waals surface area contributed by atoms with Gasteiger partial charge in [0.1, 0.15) is 6.04 Å². The highest BCUT2D eigenvalue weighted by Gasteiger charge is 2.31. The summed E-state index contributed by atoms with van der Waals surface area (Å²) < 4.78 is 0. The molecule has 1 aromatic carbocycles. The molecule has 2 heterocycles. The molecule has 0 aliphatic carbocycles. The summed E-state index contributed by atoms with van der Waals surface area (Å²) in [6, 6.07) is 3.57. The first-order valence-corrected chi connectivity index (χ1v) is 11.3. The number of anilines is 1. The van der Waals surface area contributed by atoms with E-state index in [1.807, 2.05) is 26.1 Å². The minimum atomic E-state index is -0.368. The summed E-state index contributed by atoms with van der Waals surface area (Å²) >= 11 is 0.